The highest BCUT2D eigenvalue weighted by Gasteiger charge is 2.20. The molecule has 0 spiro atoms. The molecule has 0 aliphatic rings. The molecule has 0 bridgehead atoms. The van der Waals surface area contributed by atoms with Crippen LogP contribution in [0.2, 0.25) is 0 Å². The third-order valence-electron chi connectivity index (χ3n) is 5.53. The summed E-state index contributed by atoms with van der Waals surface area (Å²) in [6.45, 7) is 4.23. The Kier molecular flexibility index (Phi) is 8.33. The van der Waals surface area contributed by atoms with E-state index in [4.69, 9.17) is 15.2 Å². The minimum Gasteiger partial charge on any atom is -0.506 e. The van der Waals surface area contributed by atoms with Gasteiger partial charge in [-0.05, 0) is 74.8 Å². The van der Waals surface area contributed by atoms with Crippen LogP contribution >= 0.6 is 0 Å². The average Bonchev–Trinajstić information content (AvgIpc) is 2.84. The largest absolute Gasteiger partial charge is 0.506 e. The highest BCUT2D eigenvalue weighted by atomic mass is 16.5. The molecule has 8 nitrogen and oxygen atoms in total. The summed E-state index contributed by atoms with van der Waals surface area (Å²) in [5.41, 5.74) is 7.98. The van der Waals surface area contributed by atoms with Gasteiger partial charge < -0.3 is 30.5 Å². The fraction of sp³-hybridized carbons (Fsp3) is 0.259. The van der Waals surface area contributed by atoms with Crippen LogP contribution in [-0.4, -0.2) is 43.7 Å². The van der Waals surface area contributed by atoms with Gasteiger partial charge in [-0.1, -0.05) is 18.2 Å². The zero-order chi connectivity index (χ0) is 25.5. The molecule has 3 rings (SSSR count). The molecule has 8 heteroatoms. The summed E-state index contributed by atoms with van der Waals surface area (Å²) in [6.07, 6.45) is 0.521. The predicted octanol–water partition coefficient (Wildman–Crippen LogP) is 4.35. The van der Waals surface area contributed by atoms with Crippen LogP contribution in [0, 0.1) is 6.92 Å². The molecule has 1 atom stereocenters. The van der Waals surface area contributed by atoms with Crippen molar-refractivity contribution >= 4 is 23.2 Å². The normalized spacial score (nSPS) is 11.5. The lowest BCUT2D eigenvalue weighted by atomic mass is 10.1. The second-order valence-corrected chi connectivity index (χ2v) is 8.23. The molecule has 0 aliphatic carbocycles. The molecule has 3 aromatic rings. The maximum absolute atomic E-state index is 13.1. The number of hydrogen-bond acceptors (Lipinski definition) is 6. The molecule has 1 unspecified atom stereocenters. The Labute approximate surface area is 205 Å². The maximum atomic E-state index is 13.1. The summed E-state index contributed by atoms with van der Waals surface area (Å²) in [7, 11) is 3.04. The number of hydrogen-bond donors (Lipinski definition) is 3. The number of aromatic hydroxyl groups is 1. The van der Waals surface area contributed by atoms with Crippen molar-refractivity contribution < 1.29 is 24.2 Å². The number of benzene rings is 3. The number of carbonyl (C=O) groups excluding carboxylic acids is 2. The topological polar surface area (TPSA) is 114 Å². The van der Waals surface area contributed by atoms with Crippen molar-refractivity contribution in [2.24, 2.45) is 5.73 Å². The Balaban J connectivity index is 1.82. The van der Waals surface area contributed by atoms with Crippen molar-refractivity contribution in [3.05, 3.63) is 77.4 Å². The lowest BCUT2D eigenvalue weighted by molar-refractivity contribution is 0.0990. The monoisotopic (exact) mass is 477 g/mol. The van der Waals surface area contributed by atoms with Crippen molar-refractivity contribution in [1.82, 2.24) is 0 Å². The van der Waals surface area contributed by atoms with Gasteiger partial charge in [0.2, 0.25) is 0 Å². The van der Waals surface area contributed by atoms with Crippen LogP contribution in [-0.2, 0) is 0 Å². The summed E-state index contributed by atoms with van der Waals surface area (Å²) in [4.78, 5) is 27.5. The first-order chi connectivity index (χ1) is 16.7. The Morgan fingerprint density at radius 1 is 1.09 bits per heavy atom. The number of rotatable bonds is 9. The SMILES string of the molecule is COc1cc(C(=O)N(C)c2ccc(C)cc2O)ccc1NC(=O)c1ccccc1OC(C)CCN. The number of para-hydroxylation sites is 1. The number of nitrogens with two attached hydrogens (primary N) is 1. The van der Waals surface area contributed by atoms with Crippen LogP contribution < -0.4 is 25.4 Å². The van der Waals surface area contributed by atoms with E-state index < -0.39 is 0 Å². The van der Waals surface area contributed by atoms with Gasteiger partial charge in [-0.3, -0.25) is 9.59 Å². The molecule has 0 radical (unpaired) electrons. The number of carbonyl (C=O) groups is 2. The fourth-order valence-electron chi connectivity index (χ4n) is 3.60. The number of aryl methyl sites for hydroxylation is 1. The van der Waals surface area contributed by atoms with E-state index in [0.717, 1.165) is 5.56 Å². The predicted molar refractivity (Wildman–Crippen MR) is 137 cm³/mol. The number of ether oxygens (including phenoxy) is 2. The molecule has 0 aliphatic heterocycles. The zero-order valence-corrected chi connectivity index (χ0v) is 20.4. The molecule has 2 amide bonds. The van der Waals surface area contributed by atoms with Crippen LogP contribution in [0.25, 0.3) is 0 Å². The summed E-state index contributed by atoms with van der Waals surface area (Å²) >= 11 is 0. The van der Waals surface area contributed by atoms with Gasteiger partial charge in [0.25, 0.3) is 11.8 Å². The van der Waals surface area contributed by atoms with Gasteiger partial charge in [0.15, 0.2) is 0 Å². The molecule has 35 heavy (non-hydrogen) atoms. The average molecular weight is 478 g/mol. The fourth-order valence-corrected chi connectivity index (χ4v) is 3.60. The molecule has 4 N–H and O–H groups in total. The zero-order valence-electron chi connectivity index (χ0n) is 20.4. The van der Waals surface area contributed by atoms with Gasteiger partial charge in [0.1, 0.15) is 17.2 Å². The van der Waals surface area contributed by atoms with E-state index in [1.54, 1.807) is 61.6 Å². The van der Waals surface area contributed by atoms with Gasteiger partial charge in [-0.2, -0.15) is 0 Å². The van der Waals surface area contributed by atoms with Crippen molar-refractivity contribution in [2.45, 2.75) is 26.4 Å². The van der Waals surface area contributed by atoms with Crippen LogP contribution in [0.15, 0.2) is 60.7 Å². The maximum Gasteiger partial charge on any atom is 0.259 e. The second-order valence-electron chi connectivity index (χ2n) is 8.23. The van der Waals surface area contributed by atoms with Crippen LogP contribution in [0.1, 0.15) is 39.6 Å². The number of phenols is 1. The van der Waals surface area contributed by atoms with Gasteiger partial charge in [0, 0.05) is 12.6 Å². The highest BCUT2D eigenvalue weighted by molar-refractivity contribution is 6.09. The number of phenolic OH excluding ortho intramolecular Hbond substituents is 1. The van der Waals surface area contributed by atoms with Crippen LogP contribution in [0.4, 0.5) is 11.4 Å². The van der Waals surface area contributed by atoms with E-state index in [-0.39, 0.29) is 23.7 Å². The number of amides is 2. The van der Waals surface area contributed by atoms with Gasteiger partial charge in [0.05, 0.1) is 30.2 Å². The Bertz CT molecular complexity index is 1210. The molecule has 0 heterocycles. The van der Waals surface area contributed by atoms with Crippen molar-refractivity contribution in [1.29, 1.82) is 0 Å². The van der Waals surface area contributed by atoms with Gasteiger partial charge in [-0.25, -0.2) is 0 Å². The van der Waals surface area contributed by atoms with Gasteiger partial charge in [-0.15, -0.1) is 0 Å². The van der Waals surface area contributed by atoms with Crippen molar-refractivity contribution in [3.8, 4) is 17.2 Å². The quantitative estimate of drug-likeness (QED) is 0.422. The Morgan fingerprint density at radius 2 is 1.83 bits per heavy atom. The van der Waals surface area contributed by atoms with E-state index in [2.05, 4.69) is 5.32 Å². The van der Waals surface area contributed by atoms with E-state index in [1.165, 1.54) is 12.0 Å². The summed E-state index contributed by atoms with van der Waals surface area (Å²) < 4.78 is 11.3. The minimum atomic E-state index is -0.375. The molecule has 0 saturated carbocycles. The third-order valence-corrected chi connectivity index (χ3v) is 5.53. The minimum absolute atomic E-state index is 0.0124. The molecule has 0 aromatic heterocycles. The molecule has 184 valence electrons. The standard InChI is InChI=1S/C27H31N3O5/c1-17-9-12-22(23(31)15-17)30(3)27(33)19-10-11-21(25(16-19)34-4)29-26(32)20-7-5-6-8-24(20)35-18(2)13-14-28/h5-12,15-16,18,31H,13-14,28H2,1-4H3,(H,29,32). The number of anilines is 2. The van der Waals surface area contributed by atoms with Crippen molar-refractivity contribution in [3.63, 3.8) is 0 Å². The van der Waals surface area contributed by atoms with Gasteiger partial charge >= 0.3 is 0 Å². The lowest BCUT2D eigenvalue weighted by Gasteiger charge is -2.20. The Hall–Kier alpha value is -4.04. The van der Waals surface area contributed by atoms with E-state index >= 15 is 0 Å². The van der Waals surface area contributed by atoms with E-state index in [9.17, 15) is 14.7 Å². The Morgan fingerprint density at radius 3 is 2.51 bits per heavy atom. The molecular formula is C27H31N3O5. The highest BCUT2D eigenvalue weighted by Crippen LogP contribution is 2.31. The van der Waals surface area contributed by atoms with Crippen LogP contribution in [0.3, 0.4) is 0 Å². The molecule has 3 aromatic carbocycles. The van der Waals surface area contributed by atoms with E-state index in [0.29, 0.717) is 47.0 Å². The number of nitrogens with one attached hydrogen (secondary N) is 1. The molecular weight excluding hydrogens is 446 g/mol. The lowest BCUT2D eigenvalue weighted by Crippen LogP contribution is -2.26. The third kappa shape index (κ3) is 6.10. The van der Waals surface area contributed by atoms with Crippen LogP contribution in [0.5, 0.6) is 17.2 Å². The number of nitrogens with zero attached hydrogens (tertiary/aromatic N) is 1. The summed E-state index contributed by atoms with van der Waals surface area (Å²) in [5, 5.41) is 13.1. The van der Waals surface area contributed by atoms with Crippen molar-refractivity contribution in [2.75, 3.05) is 30.9 Å². The molecule has 0 fully saturated rings. The summed E-state index contributed by atoms with van der Waals surface area (Å²) in [5.74, 6) is 0.0721. The molecule has 0 saturated heterocycles. The number of methoxy groups -OCH3 is 1. The second kappa shape index (κ2) is 11.4. The summed E-state index contributed by atoms with van der Waals surface area (Å²) in [6, 6.07) is 16.8. The first-order valence-corrected chi connectivity index (χ1v) is 11.3. The van der Waals surface area contributed by atoms with E-state index in [1.807, 2.05) is 19.9 Å². The first kappa shape index (κ1) is 25.6. The first-order valence-electron chi connectivity index (χ1n) is 11.3. The smallest absolute Gasteiger partial charge is 0.259 e.